The van der Waals surface area contributed by atoms with Crippen LogP contribution in [-0.2, 0) is 0 Å². The summed E-state index contributed by atoms with van der Waals surface area (Å²) in [7, 11) is 0. The summed E-state index contributed by atoms with van der Waals surface area (Å²) >= 11 is 5.59. The third-order valence-corrected chi connectivity index (χ3v) is 3.67. The van der Waals surface area contributed by atoms with Crippen LogP contribution in [0.15, 0.2) is 0 Å². The highest BCUT2D eigenvalue weighted by atomic mass is 32.1. The molecule has 0 bridgehead atoms. The molecule has 106 valence electrons. The van der Waals surface area contributed by atoms with Crippen molar-refractivity contribution < 1.29 is 0 Å². The molecule has 1 aliphatic rings. The summed E-state index contributed by atoms with van der Waals surface area (Å²) in [5.41, 5.74) is 0.395. The Hall–Kier alpha value is -0.310. The van der Waals surface area contributed by atoms with Gasteiger partial charge in [0.15, 0.2) is 5.11 Å². The highest BCUT2D eigenvalue weighted by molar-refractivity contribution is 7.80. The Bertz CT molecular complexity index is 271. The number of thiocarbonyl (C=S) groups is 1. The van der Waals surface area contributed by atoms with Crippen LogP contribution in [0.25, 0.3) is 0 Å². The first-order valence-corrected chi connectivity index (χ1v) is 7.68. The Balaban J connectivity index is 2.51. The predicted octanol–water partition coefficient (Wildman–Crippen LogP) is 3.95. The second-order valence-electron chi connectivity index (χ2n) is 7.45. The third kappa shape index (κ3) is 6.03. The van der Waals surface area contributed by atoms with Crippen LogP contribution in [0.4, 0.5) is 0 Å². The van der Waals surface area contributed by atoms with E-state index >= 15 is 0 Å². The lowest BCUT2D eigenvalue weighted by Gasteiger charge is -2.37. The molecule has 18 heavy (non-hydrogen) atoms. The minimum atomic E-state index is 0.0711. The first-order valence-electron chi connectivity index (χ1n) is 7.27. The molecule has 0 aliphatic carbocycles. The second kappa shape index (κ2) is 6.23. The topological polar surface area (TPSA) is 15.3 Å². The van der Waals surface area contributed by atoms with E-state index in [0.717, 1.165) is 24.6 Å². The van der Waals surface area contributed by atoms with E-state index in [9.17, 15) is 0 Å². The molecule has 0 radical (unpaired) electrons. The zero-order valence-corrected chi connectivity index (χ0v) is 13.6. The van der Waals surface area contributed by atoms with Crippen molar-refractivity contribution in [3.8, 4) is 0 Å². The zero-order valence-electron chi connectivity index (χ0n) is 12.8. The van der Waals surface area contributed by atoms with E-state index in [4.69, 9.17) is 12.2 Å². The van der Waals surface area contributed by atoms with Gasteiger partial charge in [0.25, 0.3) is 0 Å². The van der Waals surface area contributed by atoms with Gasteiger partial charge in [0.2, 0.25) is 0 Å². The monoisotopic (exact) mass is 270 g/mol. The van der Waals surface area contributed by atoms with Gasteiger partial charge in [-0.3, -0.25) is 0 Å². The molecule has 3 heteroatoms. The van der Waals surface area contributed by atoms with Crippen LogP contribution < -0.4 is 5.32 Å². The SMILES string of the molecule is CC(C)(C)CC(C)(C)NC(=S)N1CCCCCC1. The van der Waals surface area contributed by atoms with Crippen LogP contribution in [0.1, 0.15) is 66.7 Å². The quantitative estimate of drug-likeness (QED) is 0.765. The molecule has 2 nitrogen and oxygen atoms in total. The van der Waals surface area contributed by atoms with Crippen LogP contribution in [0.2, 0.25) is 0 Å². The number of nitrogens with zero attached hydrogens (tertiary/aromatic N) is 1. The van der Waals surface area contributed by atoms with Crippen molar-refractivity contribution in [1.29, 1.82) is 0 Å². The van der Waals surface area contributed by atoms with Gasteiger partial charge in [0, 0.05) is 18.6 Å². The number of rotatable bonds is 2. The number of hydrogen-bond acceptors (Lipinski definition) is 1. The Labute approximate surface area is 119 Å². The van der Waals surface area contributed by atoms with Gasteiger partial charge in [-0.2, -0.15) is 0 Å². The molecule has 0 saturated carbocycles. The van der Waals surface area contributed by atoms with E-state index < -0.39 is 0 Å². The molecular formula is C15H30N2S. The van der Waals surface area contributed by atoms with E-state index in [0.29, 0.717) is 5.41 Å². The lowest BCUT2D eigenvalue weighted by molar-refractivity contribution is 0.259. The molecule has 1 rings (SSSR count). The molecule has 0 amide bonds. The highest BCUT2D eigenvalue weighted by Crippen LogP contribution is 2.27. The van der Waals surface area contributed by atoms with E-state index in [2.05, 4.69) is 44.8 Å². The fourth-order valence-electron chi connectivity index (χ4n) is 3.01. The van der Waals surface area contributed by atoms with Crippen LogP contribution >= 0.6 is 12.2 Å². The number of hydrogen-bond donors (Lipinski definition) is 1. The smallest absolute Gasteiger partial charge is 0.169 e. The van der Waals surface area contributed by atoms with Gasteiger partial charge in [-0.05, 0) is 50.7 Å². The molecule has 0 aromatic carbocycles. The molecule has 0 unspecified atom stereocenters. The maximum absolute atomic E-state index is 5.59. The van der Waals surface area contributed by atoms with Crippen molar-refractivity contribution in [3.05, 3.63) is 0 Å². The van der Waals surface area contributed by atoms with Crippen molar-refractivity contribution in [2.45, 2.75) is 72.3 Å². The Morgan fingerprint density at radius 2 is 1.50 bits per heavy atom. The molecule has 1 saturated heterocycles. The number of nitrogens with one attached hydrogen (secondary N) is 1. The zero-order chi connectivity index (χ0) is 13.8. The first-order chi connectivity index (χ1) is 8.20. The summed E-state index contributed by atoms with van der Waals surface area (Å²) in [4.78, 5) is 2.35. The van der Waals surface area contributed by atoms with Gasteiger partial charge in [0.05, 0.1) is 0 Å². The molecule has 0 aromatic heterocycles. The summed E-state index contributed by atoms with van der Waals surface area (Å²) in [6.45, 7) is 13.6. The van der Waals surface area contributed by atoms with Crippen LogP contribution in [0.5, 0.6) is 0 Å². The van der Waals surface area contributed by atoms with Crippen molar-refractivity contribution >= 4 is 17.3 Å². The van der Waals surface area contributed by atoms with Crippen LogP contribution in [-0.4, -0.2) is 28.6 Å². The minimum Gasteiger partial charge on any atom is -0.358 e. The van der Waals surface area contributed by atoms with E-state index in [1.54, 1.807) is 0 Å². The van der Waals surface area contributed by atoms with Gasteiger partial charge < -0.3 is 10.2 Å². The summed E-state index contributed by atoms with van der Waals surface area (Å²) in [5.74, 6) is 0. The maximum atomic E-state index is 5.59. The summed E-state index contributed by atoms with van der Waals surface area (Å²) in [6, 6.07) is 0. The van der Waals surface area contributed by atoms with Crippen molar-refractivity contribution in [1.82, 2.24) is 10.2 Å². The standard InChI is InChI=1S/C15H30N2S/c1-14(2,3)12-15(4,5)16-13(18)17-10-8-6-7-9-11-17/h6-12H2,1-5H3,(H,16,18). The lowest BCUT2D eigenvalue weighted by atomic mass is 9.82. The predicted molar refractivity (Wildman–Crippen MR) is 83.9 cm³/mol. The van der Waals surface area contributed by atoms with Gasteiger partial charge in [-0.1, -0.05) is 33.6 Å². The van der Waals surface area contributed by atoms with Crippen LogP contribution in [0, 0.1) is 5.41 Å². The lowest BCUT2D eigenvalue weighted by Crippen LogP contribution is -2.51. The highest BCUT2D eigenvalue weighted by Gasteiger charge is 2.27. The van der Waals surface area contributed by atoms with Gasteiger partial charge >= 0.3 is 0 Å². The van der Waals surface area contributed by atoms with Crippen molar-refractivity contribution in [2.75, 3.05) is 13.1 Å². The molecular weight excluding hydrogens is 240 g/mol. The molecule has 1 heterocycles. The minimum absolute atomic E-state index is 0.0711. The fourth-order valence-corrected chi connectivity index (χ4v) is 3.47. The largest absolute Gasteiger partial charge is 0.358 e. The van der Waals surface area contributed by atoms with Crippen LogP contribution in [0.3, 0.4) is 0 Å². The Morgan fingerprint density at radius 3 is 1.94 bits per heavy atom. The van der Waals surface area contributed by atoms with Crippen molar-refractivity contribution in [2.24, 2.45) is 5.41 Å². The average molecular weight is 270 g/mol. The maximum Gasteiger partial charge on any atom is 0.169 e. The average Bonchev–Trinajstić information content (AvgIpc) is 2.39. The second-order valence-corrected chi connectivity index (χ2v) is 7.84. The first kappa shape index (κ1) is 15.7. The summed E-state index contributed by atoms with van der Waals surface area (Å²) in [6.07, 6.45) is 6.38. The van der Waals surface area contributed by atoms with Gasteiger partial charge in [-0.15, -0.1) is 0 Å². The molecule has 0 aromatic rings. The molecule has 1 N–H and O–H groups in total. The fraction of sp³-hybridized carbons (Fsp3) is 0.933. The van der Waals surface area contributed by atoms with Gasteiger partial charge in [-0.25, -0.2) is 0 Å². The number of likely N-dealkylation sites (tertiary alicyclic amines) is 1. The third-order valence-electron chi connectivity index (χ3n) is 3.31. The molecule has 1 aliphatic heterocycles. The Morgan fingerprint density at radius 1 is 1.00 bits per heavy atom. The van der Waals surface area contributed by atoms with Crippen molar-refractivity contribution in [3.63, 3.8) is 0 Å². The van der Waals surface area contributed by atoms with E-state index in [1.807, 2.05) is 0 Å². The Kier molecular flexibility index (Phi) is 5.45. The van der Waals surface area contributed by atoms with E-state index in [1.165, 1.54) is 25.7 Å². The normalized spacial score (nSPS) is 18.4. The summed E-state index contributed by atoms with van der Waals surface area (Å²) < 4.78 is 0. The molecule has 1 fully saturated rings. The molecule has 0 spiro atoms. The van der Waals surface area contributed by atoms with E-state index in [-0.39, 0.29) is 5.54 Å². The van der Waals surface area contributed by atoms with Gasteiger partial charge in [0.1, 0.15) is 0 Å². The molecule has 0 atom stereocenters. The summed E-state index contributed by atoms with van der Waals surface area (Å²) in [5, 5.41) is 4.52.